The molecule has 2 bridgehead atoms. The first kappa shape index (κ1) is 30.6. The van der Waals surface area contributed by atoms with Gasteiger partial charge in [0.2, 0.25) is 0 Å². The Bertz CT molecular complexity index is 1120. The van der Waals surface area contributed by atoms with Crippen LogP contribution >= 0.6 is 0 Å². The summed E-state index contributed by atoms with van der Waals surface area (Å²) in [5, 5.41) is 34.0. The molecule has 0 aromatic carbocycles. The minimum Gasteiger partial charge on any atom is -0.462 e. The standard InChI is InChI=1S/C33H48O8/c1-18(2)29-21(5)12-13-32(41-29)16-25-15-24(40-32)11-10-20(4)27(34)19(3)8-7-9-23-17-38-30-28(35)22(6)14-26(31(36)39-25)33(23,30)37/h7-10,14,18-19,21,24-30,34-35,37H,11-13,15-17H2,1-6H3/b8-7+,20-10+,23-9+/t19-,21-,24+,25+,26-,27+,28+,29+,30+,32-,33+/m0/s1. The Morgan fingerprint density at radius 3 is 2.54 bits per heavy atom. The summed E-state index contributed by atoms with van der Waals surface area (Å²) in [6.07, 6.45) is 8.69. The summed E-state index contributed by atoms with van der Waals surface area (Å²) in [4.78, 5) is 13.9. The van der Waals surface area contributed by atoms with E-state index in [1.165, 1.54) is 0 Å². The molecule has 41 heavy (non-hydrogen) atoms. The van der Waals surface area contributed by atoms with Crippen LogP contribution in [-0.4, -0.2) is 75.9 Å². The zero-order chi connectivity index (χ0) is 29.7. The number of allylic oxidation sites excluding steroid dienone is 2. The molecule has 0 aromatic rings. The molecule has 1 aliphatic carbocycles. The van der Waals surface area contributed by atoms with Gasteiger partial charge in [0.25, 0.3) is 0 Å². The summed E-state index contributed by atoms with van der Waals surface area (Å²) >= 11 is 0. The molecular weight excluding hydrogens is 524 g/mol. The van der Waals surface area contributed by atoms with Gasteiger partial charge in [-0.15, -0.1) is 0 Å². The van der Waals surface area contributed by atoms with Gasteiger partial charge in [-0.3, -0.25) is 4.79 Å². The maximum absolute atomic E-state index is 13.9. The van der Waals surface area contributed by atoms with Crippen molar-refractivity contribution in [1.82, 2.24) is 0 Å². The number of aliphatic hydroxyl groups is 3. The lowest BCUT2D eigenvalue weighted by atomic mass is 9.71. The molecule has 8 nitrogen and oxygen atoms in total. The molecular formula is C33H48O8. The topological polar surface area (TPSA) is 115 Å². The molecule has 0 unspecified atom stereocenters. The van der Waals surface area contributed by atoms with E-state index < -0.39 is 47.7 Å². The monoisotopic (exact) mass is 572 g/mol. The highest BCUT2D eigenvalue weighted by Crippen LogP contribution is 2.47. The van der Waals surface area contributed by atoms with E-state index in [1.807, 2.05) is 26.0 Å². The number of carbonyl (C=O) groups excluding carboxylic acids is 1. The average molecular weight is 573 g/mol. The largest absolute Gasteiger partial charge is 0.462 e. The Balaban J connectivity index is 1.53. The Labute approximate surface area is 244 Å². The SMILES string of the molecule is CC1=C[C@H]2C(=O)O[C@@H]3C[C@@H](C/C=C(\C)[C@H](O)[C@@H](C)/C=C/C=C4\CO[C@H]([C@@H]1O)[C@@]42O)O[C@]1(CC[C@H](C)[C@@H](C(C)C)O1)C3. The van der Waals surface area contributed by atoms with Gasteiger partial charge in [0.1, 0.15) is 29.8 Å². The van der Waals surface area contributed by atoms with Crippen LogP contribution in [0.15, 0.2) is 47.1 Å². The maximum atomic E-state index is 13.9. The van der Waals surface area contributed by atoms with Gasteiger partial charge in [-0.25, -0.2) is 0 Å². The van der Waals surface area contributed by atoms with Crippen molar-refractivity contribution in [3.05, 3.63) is 47.1 Å². The fourth-order valence-corrected chi connectivity index (χ4v) is 7.44. The maximum Gasteiger partial charge on any atom is 0.316 e. The van der Waals surface area contributed by atoms with Crippen LogP contribution < -0.4 is 0 Å². The van der Waals surface area contributed by atoms with Crippen molar-refractivity contribution >= 4 is 5.97 Å². The van der Waals surface area contributed by atoms with Crippen molar-refractivity contribution in [2.24, 2.45) is 23.7 Å². The number of aliphatic hydroxyl groups excluding tert-OH is 2. The summed E-state index contributed by atoms with van der Waals surface area (Å²) in [6.45, 7) is 12.2. The fourth-order valence-electron chi connectivity index (χ4n) is 7.44. The van der Waals surface area contributed by atoms with Gasteiger partial charge < -0.3 is 34.3 Å². The number of ether oxygens (including phenoxy) is 4. The molecule has 11 atom stereocenters. The first-order chi connectivity index (χ1) is 19.3. The van der Waals surface area contributed by atoms with E-state index >= 15 is 0 Å². The van der Waals surface area contributed by atoms with Crippen LogP contribution in [0.25, 0.3) is 0 Å². The van der Waals surface area contributed by atoms with E-state index in [9.17, 15) is 20.1 Å². The van der Waals surface area contributed by atoms with Crippen LogP contribution in [0.2, 0.25) is 0 Å². The third-order valence-corrected chi connectivity index (χ3v) is 9.93. The number of hydrogen-bond donors (Lipinski definition) is 3. The van der Waals surface area contributed by atoms with Crippen LogP contribution in [0.1, 0.15) is 73.6 Å². The zero-order valence-corrected chi connectivity index (χ0v) is 25.3. The minimum atomic E-state index is -1.75. The molecule has 3 fully saturated rings. The highest BCUT2D eigenvalue weighted by Gasteiger charge is 2.60. The van der Waals surface area contributed by atoms with Crippen LogP contribution in [-0.2, 0) is 23.7 Å². The molecule has 0 saturated carbocycles. The average Bonchev–Trinajstić information content (AvgIpc) is 3.26. The highest BCUT2D eigenvalue weighted by atomic mass is 16.7. The number of rotatable bonds is 1. The number of esters is 1. The lowest BCUT2D eigenvalue weighted by Crippen LogP contribution is -2.58. The van der Waals surface area contributed by atoms with E-state index in [4.69, 9.17) is 18.9 Å². The molecule has 0 amide bonds. The Morgan fingerprint density at radius 2 is 1.80 bits per heavy atom. The van der Waals surface area contributed by atoms with Crippen molar-refractivity contribution in [2.45, 2.75) is 122 Å². The normalized spacial score (nSPS) is 48.9. The molecule has 5 rings (SSSR count). The Hall–Kier alpha value is -1.81. The van der Waals surface area contributed by atoms with Crippen molar-refractivity contribution in [2.75, 3.05) is 6.61 Å². The second kappa shape index (κ2) is 11.7. The van der Waals surface area contributed by atoms with Crippen LogP contribution in [0.4, 0.5) is 0 Å². The molecule has 0 aromatic heterocycles. The summed E-state index contributed by atoms with van der Waals surface area (Å²) < 4.78 is 25.5. The minimum absolute atomic E-state index is 0.0265. The van der Waals surface area contributed by atoms with Crippen molar-refractivity contribution in [3.8, 4) is 0 Å². The first-order valence-electron chi connectivity index (χ1n) is 15.3. The number of carbonyl (C=O) groups is 1. The Morgan fingerprint density at radius 1 is 1.05 bits per heavy atom. The Kier molecular flexibility index (Phi) is 8.74. The lowest BCUT2D eigenvalue weighted by molar-refractivity contribution is -0.340. The summed E-state index contributed by atoms with van der Waals surface area (Å²) in [5.74, 6) is -1.94. The smallest absolute Gasteiger partial charge is 0.316 e. The van der Waals surface area contributed by atoms with Gasteiger partial charge in [0.15, 0.2) is 5.79 Å². The number of hydrogen-bond acceptors (Lipinski definition) is 8. The first-order valence-corrected chi connectivity index (χ1v) is 15.3. The van der Waals surface area contributed by atoms with Crippen LogP contribution in [0.3, 0.4) is 0 Å². The molecule has 8 heteroatoms. The summed E-state index contributed by atoms with van der Waals surface area (Å²) in [6, 6.07) is 0. The summed E-state index contributed by atoms with van der Waals surface area (Å²) in [7, 11) is 0. The van der Waals surface area contributed by atoms with Gasteiger partial charge >= 0.3 is 5.97 Å². The number of fused-ring (bicyclic) bond motifs is 2. The molecule has 1 spiro atoms. The fraction of sp³-hybridized carbons (Fsp3) is 0.727. The predicted molar refractivity (Wildman–Crippen MR) is 154 cm³/mol. The van der Waals surface area contributed by atoms with Gasteiger partial charge in [0, 0.05) is 25.2 Å². The molecule has 4 aliphatic heterocycles. The van der Waals surface area contributed by atoms with E-state index in [-0.39, 0.29) is 24.7 Å². The molecule has 5 aliphatic rings. The lowest BCUT2D eigenvalue weighted by Gasteiger charge is -2.50. The molecule has 3 saturated heterocycles. The van der Waals surface area contributed by atoms with Gasteiger partial charge in [0.05, 0.1) is 24.9 Å². The van der Waals surface area contributed by atoms with Crippen LogP contribution in [0.5, 0.6) is 0 Å². The van der Waals surface area contributed by atoms with Gasteiger partial charge in [-0.2, -0.15) is 0 Å². The zero-order valence-electron chi connectivity index (χ0n) is 25.3. The summed E-state index contributed by atoms with van der Waals surface area (Å²) in [5.41, 5.74) is 0.152. The second-order valence-electron chi connectivity index (χ2n) is 13.4. The van der Waals surface area contributed by atoms with E-state index in [2.05, 4.69) is 20.8 Å². The van der Waals surface area contributed by atoms with Gasteiger partial charge in [-0.05, 0) is 55.2 Å². The van der Waals surface area contributed by atoms with Gasteiger partial charge in [-0.1, -0.05) is 58.1 Å². The predicted octanol–water partition coefficient (Wildman–Crippen LogP) is 4.14. The highest BCUT2D eigenvalue weighted by molar-refractivity contribution is 5.78. The van der Waals surface area contributed by atoms with Crippen molar-refractivity contribution in [3.63, 3.8) is 0 Å². The second-order valence-corrected chi connectivity index (χ2v) is 13.4. The van der Waals surface area contributed by atoms with E-state index in [0.29, 0.717) is 48.7 Å². The molecule has 228 valence electrons. The van der Waals surface area contributed by atoms with Crippen molar-refractivity contribution in [1.29, 1.82) is 0 Å². The van der Waals surface area contributed by atoms with E-state index in [1.54, 1.807) is 25.2 Å². The third kappa shape index (κ3) is 5.76. The van der Waals surface area contributed by atoms with E-state index in [0.717, 1.165) is 12.0 Å². The third-order valence-electron chi connectivity index (χ3n) is 9.93. The molecule has 4 heterocycles. The molecule has 3 N–H and O–H groups in total. The molecule has 0 radical (unpaired) electrons. The van der Waals surface area contributed by atoms with Crippen molar-refractivity contribution < 1.29 is 39.1 Å². The quantitative estimate of drug-likeness (QED) is 0.317. The van der Waals surface area contributed by atoms with Crippen LogP contribution in [0, 0.1) is 23.7 Å².